The number of nitrogens with one attached hydrogen (secondary N) is 2. The molecular formula is C20H33N3O2. The molecule has 0 aliphatic carbocycles. The summed E-state index contributed by atoms with van der Waals surface area (Å²) in [6, 6.07) is 10.5. The van der Waals surface area contributed by atoms with Gasteiger partial charge in [0.15, 0.2) is 5.96 Å². The van der Waals surface area contributed by atoms with Crippen LogP contribution in [0.1, 0.15) is 44.3 Å². The molecule has 1 aliphatic rings. The minimum atomic E-state index is 0.179. The second-order valence-electron chi connectivity index (χ2n) is 6.45. The first kappa shape index (κ1) is 19.7. The molecule has 1 aromatic rings. The Morgan fingerprint density at radius 1 is 1.20 bits per heavy atom. The van der Waals surface area contributed by atoms with Gasteiger partial charge in [-0.2, -0.15) is 0 Å². The van der Waals surface area contributed by atoms with E-state index in [2.05, 4.69) is 46.8 Å². The van der Waals surface area contributed by atoms with E-state index < -0.39 is 0 Å². The predicted octanol–water partition coefficient (Wildman–Crippen LogP) is 3.14. The number of rotatable bonds is 10. The van der Waals surface area contributed by atoms with Crippen LogP contribution in [0.4, 0.5) is 0 Å². The van der Waals surface area contributed by atoms with E-state index in [0.29, 0.717) is 5.92 Å². The first-order valence-electron chi connectivity index (χ1n) is 9.54. The van der Waals surface area contributed by atoms with E-state index in [1.807, 2.05) is 13.1 Å². The number of hydrogen-bond acceptors (Lipinski definition) is 3. The third-order valence-electron chi connectivity index (χ3n) is 4.50. The van der Waals surface area contributed by atoms with Crippen LogP contribution in [0.2, 0.25) is 0 Å². The predicted molar refractivity (Wildman–Crippen MR) is 103 cm³/mol. The maximum atomic E-state index is 5.95. The summed E-state index contributed by atoms with van der Waals surface area (Å²) >= 11 is 0. The number of ether oxygens (including phenoxy) is 2. The summed E-state index contributed by atoms with van der Waals surface area (Å²) < 4.78 is 11.5. The van der Waals surface area contributed by atoms with Gasteiger partial charge in [-0.1, -0.05) is 43.7 Å². The number of nitrogens with zero attached hydrogens (tertiary/aromatic N) is 1. The number of benzene rings is 1. The van der Waals surface area contributed by atoms with Crippen molar-refractivity contribution in [2.24, 2.45) is 10.9 Å². The average Bonchev–Trinajstić information content (AvgIpc) is 3.13. The Hall–Kier alpha value is -1.59. The Morgan fingerprint density at radius 2 is 2.00 bits per heavy atom. The maximum Gasteiger partial charge on any atom is 0.190 e. The smallest absolute Gasteiger partial charge is 0.190 e. The van der Waals surface area contributed by atoms with Gasteiger partial charge in [0.2, 0.25) is 0 Å². The Balaban J connectivity index is 1.66. The molecule has 0 bridgehead atoms. The average molecular weight is 348 g/mol. The lowest BCUT2D eigenvalue weighted by Crippen LogP contribution is -2.40. The van der Waals surface area contributed by atoms with Crippen molar-refractivity contribution in [3.05, 3.63) is 35.9 Å². The van der Waals surface area contributed by atoms with Crippen molar-refractivity contribution in [3.8, 4) is 0 Å². The highest BCUT2D eigenvalue weighted by molar-refractivity contribution is 5.79. The van der Waals surface area contributed by atoms with E-state index in [9.17, 15) is 0 Å². The van der Waals surface area contributed by atoms with E-state index >= 15 is 0 Å². The molecule has 0 radical (unpaired) electrons. The van der Waals surface area contributed by atoms with Crippen molar-refractivity contribution in [1.29, 1.82) is 0 Å². The Kier molecular flexibility index (Phi) is 9.37. The van der Waals surface area contributed by atoms with Gasteiger partial charge in [0.25, 0.3) is 0 Å². The molecule has 0 saturated carbocycles. The minimum Gasteiger partial charge on any atom is -0.381 e. The lowest BCUT2D eigenvalue weighted by atomic mass is 9.95. The molecule has 1 aromatic carbocycles. The zero-order chi connectivity index (χ0) is 17.7. The van der Waals surface area contributed by atoms with Gasteiger partial charge in [-0.05, 0) is 24.8 Å². The van der Waals surface area contributed by atoms with Crippen LogP contribution in [-0.4, -0.2) is 45.9 Å². The van der Waals surface area contributed by atoms with Crippen LogP contribution >= 0.6 is 0 Å². The summed E-state index contributed by atoms with van der Waals surface area (Å²) in [6.07, 6.45) is 4.57. The van der Waals surface area contributed by atoms with Gasteiger partial charge in [0.1, 0.15) is 0 Å². The number of guanidine groups is 1. The van der Waals surface area contributed by atoms with Crippen LogP contribution in [0.25, 0.3) is 0 Å². The third-order valence-corrected chi connectivity index (χ3v) is 4.50. The summed E-state index contributed by atoms with van der Waals surface area (Å²) in [5, 5.41) is 6.80. The number of unbranched alkanes of at least 4 members (excludes halogenated alkanes) is 1. The quantitative estimate of drug-likeness (QED) is 0.388. The highest BCUT2D eigenvalue weighted by atomic mass is 16.5. The molecule has 2 unspecified atom stereocenters. The first-order valence-corrected chi connectivity index (χ1v) is 9.54. The van der Waals surface area contributed by atoms with E-state index in [1.54, 1.807) is 0 Å². The molecule has 25 heavy (non-hydrogen) atoms. The van der Waals surface area contributed by atoms with Gasteiger partial charge < -0.3 is 20.1 Å². The maximum absolute atomic E-state index is 5.95. The minimum absolute atomic E-state index is 0.179. The Labute approximate surface area is 152 Å². The fourth-order valence-electron chi connectivity index (χ4n) is 3.03. The standard InChI is InChI=1S/C20H33N3O2/c1-3-4-13-24-14-8-12-22-20(21-2)23-16-18-11-15-25-19(18)17-9-6-5-7-10-17/h5-7,9-10,18-19H,3-4,8,11-16H2,1-2H3,(H2,21,22,23). The SMILES string of the molecule is CCCCOCCCNC(=NC)NCC1CCOC1c1ccccc1. The van der Waals surface area contributed by atoms with Crippen molar-refractivity contribution >= 4 is 5.96 Å². The van der Waals surface area contributed by atoms with Gasteiger partial charge in [0, 0.05) is 45.9 Å². The molecule has 2 rings (SSSR count). The lowest BCUT2D eigenvalue weighted by Gasteiger charge is -2.20. The number of aliphatic imine (C=N–C) groups is 1. The molecule has 0 aromatic heterocycles. The molecule has 140 valence electrons. The molecule has 2 N–H and O–H groups in total. The second kappa shape index (κ2) is 11.9. The highest BCUT2D eigenvalue weighted by Gasteiger charge is 2.29. The van der Waals surface area contributed by atoms with Crippen LogP contribution in [-0.2, 0) is 9.47 Å². The van der Waals surface area contributed by atoms with Crippen LogP contribution in [0, 0.1) is 5.92 Å². The largest absolute Gasteiger partial charge is 0.381 e. The van der Waals surface area contributed by atoms with Crippen molar-refractivity contribution in [1.82, 2.24) is 10.6 Å². The summed E-state index contributed by atoms with van der Waals surface area (Å²) in [6.45, 7) is 6.41. The van der Waals surface area contributed by atoms with Gasteiger partial charge >= 0.3 is 0 Å². The third kappa shape index (κ3) is 7.04. The monoisotopic (exact) mass is 347 g/mol. The Bertz CT molecular complexity index is 493. The van der Waals surface area contributed by atoms with Crippen molar-refractivity contribution in [2.75, 3.05) is 40.0 Å². The molecule has 2 atom stereocenters. The van der Waals surface area contributed by atoms with Gasteiger partial charge in [-0.3, -0.25) is 4.99 Å². The summed E-state index contributed by atoms with van der Waals surface area (Å²) in [5.74, 6) is 1.32. The van der Waals surface area contributed by atoms with E-state index in [1.165, 1.54) is 12.0 Å². The highest BCUT2D eigenvalue weighted by Crippen LogP contribution is 2.33. The first-order chi connectivity index (χ1) is 12.3. The molecule has 0 spiro atoms. The normalized spacial score (nSPS) is 20.6. The fourth-order valence-corrected chi connectivity index (χ4v) is 3.03. The van der Waals surface area contributed by atoms with Crippen LogP contribution < -0.4 is 10.6 Å². The molecule has 1 aliphatic heterocycles. The molecule has 1 heterocycles. The van der Waals surface area contributed by atoms with Gasteiger partial charge in [-0.15, -0.1) is 0 Å². The van der Waals surface area contributed by atoms with E-state index in [-0.39, 0.29) is 6.10 Å². The van der Waals surface area contributed by atoms with Gasteiger partial charge in [-0.25, -0.2) is 0 Å². The lowest BCUT2D eigenvalue weighted by molar-refractivity contribution is 0.0915. The summed E-state index contributed by atoms with van der Waals surface area (Å²) in [5.41, 5.74) is 1.26. The topological polar surface area (TPSA) is 54.9 Å². The van der Waals surface area contributed by atoms with Gasteiger partial charge in [0.05, 0.1) is 6.10 Å². The van der Waals surface area contributed by atoms with E-state index in [4.69, 9.17) is 9.47 Å². The zero-order valence-corrected chi connectivity index (χ0v) is 15.7. The van der Waals surface area contributed by atoms with Crippen molar-refractivity contribution < 1.29 is 9.47 Å². The molecular weight excluding hydrogens is 314 g/mol. The molecule has 5 heteroatoms. The second-order valence-corrected chi connectivity index (χ2v) is 6.45. The van der Waals surface area contributed by atoms with Crippen molar-refractivity contribution in [3.63, 3.8) is 0 Å². The molecule has 5 nitrogen and oxygen atoms in total. The zero-order valence-electron chi connectivity index (χ0n) is 15.7. The van der Waals surface area contributed by atoms with Crippen LogP contribution in [0.3, 0.4) is 0 Å². The molecule has 1 saturated heterocycles. The Morgan fingerprint density at radius 3 is 2.76 bits per heavy atom. The molecule has 0 amide bonds. The number of hydrogen-bond donors (Lipinski definition) is 2. The summed E-state index contributed by atoms with van der Waals surface area (Å²) in [7, 11) is 1.81. The van der Waals surface area contributed by atoms with Crippen molar-refractivity contribution in [2.45, 2.75) is 38.7 Å². The molecule has 1 fully saturated rings. The summed E-state index contributed by atoms with van der Waals surface area (Å²) in [4.78, 5) is 4.31. The van der Waals surface area contributed by atoms with Crippen LogP contribution in [0.15, 0.2) is 35.3 Å². The van der Waals surface area contributed by atoms with E-state index in [0.717, 1.165) is 58.1 Å². The van der Waals surface area contributed by atoms with Crippen LogP contribution in [0.5, 0.6) is 0 Å². The fraction of sp³-hybridized carbons (Fsp3) is 0.650.